The number of pyridine rings is 1. The number of nitrogens with zero attached hydrogens (tertiary/aromatic N) is 1. The van der Waals surface area contributed by atoms with Crippen molar-refractivity contribution in [2.75, 3.05) is 13.2 Å². The lowest BCUT2D eigenvalue weighted by Gasteiger charge is -2.15. The first-order valence-electron chi connectivity index (χ1n) is 5.59. The van der Waals surface area contributed by atoms with Crippen LogP contribution in [0.1, 0.15) is 11.5 Å². The molecule has 1 heterocycles. The molecule has 1 aromatic carbocycles. The van der Waals surface area contributed by atoms with Crippen LogP contribution in [-0.2, 0) is 0 Å². The summed E-state index contributed by atoms with van der Waals surface area (Å²) in [6.07, 6.45) is 3.48. The molecule has 88 valence electrons. The Labute approximate surface area is 101 Å². The summed E-state index contributed by atoms with van der Waals surface area (Å²) in [7, 11) is 0. The Hall–Kier alpha value is -1.87. The maximum atomic E-state index is 9.35. The smallest absolute Gasteiger partial charge is 0.119 e. The topological polar surface area (TPSA) is 42.4 Å². The van der Waals surface area contributed by atoms with E-state index in [0.717, 1.165) is 11.3 Å². The summed E-state index contributed by atoms with van der Waals surface area (Å²) in [6.45, 7) is 0.505. The van der Waals surface area contributed by atoms with Gasteiger partial charge < -0.3 is 9.84 Å². The van der Waals surface area contributed by atoms with Gasteiger partial charge in [-0.3, -0.25) is 4.98 Å². The molecule has 0 saturated carbocycles. The normalized spacial score (nSPS) is 12.1. The van der Waals surface area contributed by atoms with Crippen LogP contribution in [0.2, 0.25) is 0 Å². The highest BCUT2D eigenvalue weighted by atomic mass is 16.5. The maximum Gasteiger partial charge on any atom is 0.119 e. The van der Waals surface area contributed by atoms with Crippen LogP contribution in [0.15, 0.2) is 54.9 Å². The van der Waals surface area contributed by atoms with Crippen molar-refractivity contribution in [1.29, 1.82) is 0 Å². The first kappa shape index (κ1) is 11.6. The summed E-state index contributed by atoms with van der Waals surface area (Å²) in [6, 6.07) is 13.4. The quantitative estimate of drug-likeness (QED) is 0.855. The molecule has 1 unspecified atom stereocenters. The molecule has 0 saturated heterocycles. The van der Waals surface area contributed by atoms with Crippen molar-refractivity contribution in [2.24, 2.45) is 0 Å². The van der Waals surface area contributed by atoms with E-state index in [1.54, 1.807) is 12.4 Å². The van der Waals surface area contributed by atoms with Crippen molar-refractivity contribution >= 4 is 0 Å². The Morgan fingerprint density at radius 2 is 1.94 bits per heavy atom. The number of para-hydroxylation sites is 1. The van der Waals surface area contributed by atoms with E-state index < -0.39 is 0 Å². The van der Waals surface area contributed by atoms with Gasteiger partial charge in [-0.25, -0.2) is 0 Å². The Bertz CT molecular complexity index is 430. The lowest BCUT2D eigenvalue weighted by Crippen LogP contribution is -2.14. The van der Waals surface area contributed by atoms with Gasteiger partial charge >= 0.3 is 0 Å². The van der Waals surface area contributed by atoms with E-state index in [-0.39, 0.29) is 12.5 Å². The maximum absolute atomic E-state index is 9.35. The molecular formula is C14H15NO2. The Morgan fingerprint density at radius 1 is 1.12 bits per heavy atom. The van der Waals surface area contributed by atoms with Crippen LogP contribution in [0.5, 0.6) is 5.75 Å². The first-order valence-corrected chi connectivity index (χ1v) is 5.59. The Morgan fingerprint density at radius 3 is 2.59 bits per heavy atom. The molecule has 3 nitrogen and oxygen atoms in total. The van der Waals surface area contributed by atoms with Gasteiger partial charge in [0.05, 0.1) is 13.2 Å². The average Bonchev–Trinajstić information content (AvgIpc) is 2.42. The summed E-state index contributed by atoms with van der Waals surface area (Å²) < 4.78 is 5.63. The minimum Gasteiger partial charge on any atom is -0.493 e. The van der Waals surface area contributed by atoms with Gasteiger partial charge in [0.2, 0.25) is 0 Å². The molecular weight excluding hydrogens is 214 g/mol. The van der Waals surface area contributed by atoms with Crippen molar-refractivity contribution in [3.63, 3.8) is 0 Å². The molecule has 0 spiro atoms. The Balaban J connectivity index is 1.97. The number of benzene rings is 1. The van der Waals surface area contributed by atoms with Crippen LogP contribution in [0.25, 0.3) is 0 Å². The van der Waals surface area contributed by atoms with Crippen LogP contribution in [-0.4, -0.2) is 23.3 Å². The van der Waals surface area contributed by atoms with E-state index in [9.17, 15) is 5.11 Å². The van der Waals surface area contributed by atoms with Gasteiger partial charge in [0.15, 0.2) is 0 Å². The van der Waals surface area contributed by atoms with Gasteiger partial charge in [0, 0.05) is 18.3 Å². The van der Waals surface area contributed by atoms with Gasteiger partial charge in [-0.2, -0.15) is 0 Å². The third-order valence-corrected chi connectivity index (χ3v) is 2.57. The van der Waals surface area contributed by atoms with Crippen molar-refractivity contribution in [1.82, 2.24) is 4.98 Å². The predicted octanol–water partition coefficient (Wildman–Crippen LogP) is 2.24. The lowest BCUT2D eigenvalue weighted by atomic mass is 10.0. The van der Waals surface area contributed by atoms with Gasteiger partial charge in [0.25, 0.3) is 0 Å². The van der Waals surface area contributed by atoms with E-state index in [4.69, 9.17) is 4.74 Å². The van der Waals surface area contributed by atoms with Crippen LogP contribution < -0.4 is 4.74 Å². The van der Waals surface area contributed by atoms with Crippen LogP contribution in [0.3, 0.4) is 0 Å². The predicted molar refractivity (Wildman–Crippen MR) is 66.0 cm³/mol. The molecule has 0 fully saturated rings. The van der Waals surface area contributed by atoms with Gasteiger partial charge in [-0.15, -0.1) is 0 Å². The molecule has 2 aromatic rings. The molecule has 2 rings (SSSR count). The van der Waals surface area contributed by atoms with E-state index in [0.29, 0.717) is 6.61 Å². The zero-order valence-corrected chi connectivity index (χ0v) is 9.49. The van der Waals surface area contributed by atoms with E-state index in [2.05, 4.69) is 4.98 Å². The summed E-state index contributed by atoms with van der Waals surface area (Å²) in [5.74, 6) is 0.777. The molecule has 0 aliphatic carbocycles. The van der Waals surface area contributed by atoms with Gasteiger partial charge in [-0.1, -0.05) is 24.3 Å². The van der Waals surface area contributed by atoms with Crippen LogP contribution >= 0.6 is 0 Å². The fraction of sp³-hybridized carbons (Fsp3) is 0.214. The molecule has 17 heavy (non-hydrogen) atoms. The molecule has 1 N–H and O–H groups in total. The van der Waals surface area contributed by atoms with Crippen molar-refractivity contribution in [3.8, 4) is 5.75 Å². The zero-order valence-electron chi connectivity index (χ0n) is 9.49. The van der Waals surface area contributed by atoms with E-state index in [1.807, 2.05) is 42.5 Å². The second-order valence-electron chi connectivity index (χ2n) is 3.79. The molecule has 0 amide bonds. The molecule has 0 bridgehead atoms. The lowest BCUT2D eigenvalue weighted by molar-refractivity contribution is 0.205. The highest BCUT2D eigenvalue weighted by molar-refractivity contribution is 5.22. The number of ether oxygens (including phenoxy) is 1. The standard InChI is InChI=1S/C14H15NO2/c16-10-13(12-5-4-8-15-9-12)11-17-14-6-2-1-3-7-14/h1-9,13,16H,10-11H2. The monoisotopic (exact) mass is 229 g/mol. The zero-order chi connectivity index (χ0) is 11.9. The number of aliphatic hydroxyl groups is 1. The summed E-state index contributed by atoms with van der Waals surface area (Å²) >= 11 is 0. The van der Waals surface area contributed by atoms with Crippen molar-refractivity contribution in [3.05, 3.63) is 60.4 Å². The Kier molecular flexibility index (Phi) is 4.11. The van der Waals surface area contributed by atoms with Crippen LogP contribution in [0, 0.1) is 0 Å². The minimum atomic E-state index is -0.0380. The average molecular weight is 229 g/mol. The third-order valence-electron chi connectivity index (χ3n) is 2.57. The molecule has 0 aliphatic rings. The summed E-state index contributed by atoms with van der Waals surface area (Å²) in [5.41, 5.74) is 0.992. The highest BCUT2D eigenvalue weighted by Gasteiger charge is 2.11. The van der Waals surface area contributed by atoms with Crippen LogP contribution in [0.4, 0.5) is 0 Å². The largest absolute Gasteiger partial charge is 0.493 e. The molecule has 1 atom stereocenters. The summed E-state index contributed by atoms with van der Waals surface area (Å²) in [5, 5.41) is 9.35. The minimum absolute atomic E-state index is 0.0380. The highest BCUT2D eigenvalue weighted by Crippen LogP contribution is 2.16. The fourth-order valence-electron chi connectivity index (χ4n) is 1.59. The second-order valence-corrected chi connectivity index (χ2v) is 3.79. The molecule has 0 aliphatic heterocycles. The van der Waals surface area contributed by atoms with Crippen molar-refractivity contribution < 1.29 is 9.84 Å². The fourth-order valence-corrected chi connectivity index (χ4v) is 1.59. The number of hydrogen-bond acceptors (Lipinski definition) is 3. The number of aromatic nitrogens is 1. The SMILES string of the molecule is OCC(COc1ccccc1)c1cccnc1. The first-order chi connectivity index (χ1) is 8.40. The van der Waals surface area contributed by atoms with E-state index >= 15 is 0 Å². The second kappa shape index (κ2) is 6.01. The third kappa shape index (κ3) is 3.29. The number of aliphatic hydroxyl groups excluding tert-OH is 1. The van der Waals surface area contributed by atoms with Gasteiger partial charge in [-0.05, 0) is 23.8 Å². The van der Waals surface area contributed by atoms with Crippen molar-refractivity contribution in [2.45, 2.75) is 5.92 Å². The van der Waals surface area contributed by atoms with E-state index in [1.165, 1.54) is 0 Å². The molecule has 1 aromatic heterocycles. The summed E-state index contributed by atoms with van der Waals surface area (Å²) in [4.78, 5) is 4.04. The molecule has 0 radical (unpaired) electrons. The molecule has 3 heteroatoms. The number of rotatable bonds is 5. The van der Waals surface area contributed by atoms with Gasteiger partial charge in [0.1, 0.15) is 5.75 Å². The number of hydrogen-bond donors (Lipinski definition) is 1.